The largest absolute Gasteiger partial charge is 0.360 e. The Balaban J connectivity index is 1.31. The smallest absolute Gasteiger partial charge is 0.248 e. The lowest BCUT2D eigenvalue weighted by Gasteiger charge is -2.33. The number of aryl methyl sites for hydroxylation is 2. The van der Waals surface area contributed by atoms with E-state index in [1.807, 2.05) is 0 Å². The number of carbonyl (C=O) groups excluding carboxylic acids is 1. The van der Waals surface area contributed by atoms with Crippen LogP contribution in [0.15, 0.2) is 33.7 Å². The lowest BCUT2D eigenvalue weighted by molar-refractivity contribution is -0.126. The highest BCUT2D eigenvalue weighted by atomic mass is 32.2. The van der Waals surface area contributed by atoms with Gasteiger partial charge in [0.25, 0.3) is 0 Å². The van der Waals surface area contributed by atoms with Crippen molar-refractivity contribution in [3.8, 4) is 0 Å². The van der Waals surface area contributed by atoms with Crippen molar-refractivity contribution in [1.29, 1.82) is 0 Å². The van der Waals surface area contributed by atoms with Crippen LogP contribution in [-0.2, 0) is 27.9 Å². The molecule has 2 aromatic rings. The van der Waals surface area contributed by atoms with E-state index < -0.39 is 10.0 Å². The molecule has 8 nitrogen and oxygen atoms in total. The number of nitrogens with zero attached hydrogens (tertiary/aromatic N) is 3. The number of carbonyl (C=O) groups is 1. The average Bonchev–Trinajstić information content (AvgIpc) is 3.18. The standard InChI is InChI=1S/C25H36N4O4S/c1-18-7-4-5-13-28(18)16-22-11-9-21(10-12-22)15-26-25(30)23-8-6-14-29(17-23)34(31,32)24-19(2)27-33-20(24)3/h9-12,18,23H,4-8,13-17H2,1-3H3,(H,26,30). The maximum absolute atomic E-state index is 13.1. The van der Waals surface area contributed by atoms with E-state index in [1.165, 1.54) is 29.1 Å². The van der Waals surface area contributed by atoms with Crippen LogP contribution in [-0.4, -0.2) is 54.4 Å². The van der Waals surface area contributed by atoms with Crippen LogP contribution in [0.1, 0.15) is 61.6 Å². The predicted molar refractivity (Wildman–Crippen MR) is 129 cm³/mol. The molecule has 0 bridgehead atoms. The summed E-state index contributed by atoms with van der Waals surface area (Å²) in [5, 5.41) is 6.78. The minimum atomic E-state index is -3.74. The highest BCUT2D eigenvalue weighted by molar-refractivity contribution is 7.89. The van der Waals surface area contributed by atoms with Gasteiger partial charge in [-0.3, -0.25) is 9.69 Å². The summed E-state index contributed by atoms with van der Waals surface area (Å²) in [5.74, 6) is -0.198. The van der Waals surface area contributed by atoms with Crippen molar-refractivity contribution in [2.45, 2.75) is 76.9 Å². The van der Waals surface area contributed by atoms with E-state index >= 15 is 0 Å². The SMILES string of the molecule is Cc1noc(C)c1S(=O)(=O)N1CCCC(C(=O)NCc2ccc(CN3CCCCC3C)cc2)C1. The Labute approximate surface area is 202 Å². The van der Waals surface area contributed by atoms with Crippen molar-refractivity contribution in [3.63, 3.8) is 0 Å². The first-order valence-corrected chi connectivity index (χ1v) is 13.7. The monoisotopic (exact) mass is 488 g/mol. The molecule has 2 saturated heterocycles. The summed E-state index contributed by atoms with van der Waals surface area (Å²) in [7, 11) is -3.74. The summed E-state index contributed by atoms with van der Waals surface area (Å²) in [4.78, 5) is 15.5. The molecule has 0 aliphatic carbocycles. The van der Waals surface area contributed by atoms with Gasteiger partial charge in [-0.05, 0) is 64.1 Å². The van der Waals surface area contributed by atoms with Gasteiger partial charge in [0.15, 0.2) is 5.76 Å². The molecule has 0 spiro atoms. The van der Waals surface area contributed by atoms with Crippen LogP contribution in [0.5, 0.6) is 0 Å². The van der Waals surface area contributed by atoms with Gasteiger partial charge in [0, 0.05) is 32.2 Å². The molecule has 3 heterocycles. The number of piperidine rings is 2. The first-order chi connectivity index (χ1) is 16.3. The first-order valence-electron chi connectivity index (χ1n) is 12.3. The van der Waals surface area contributed by atoms with Gasteiger partial charge in [-0.25, -0.2) is 8.42 Å². The first kappa shape index (κ1) is 24.9. The van der Waals surface area contributed by atoms with Crippen LogP contribution in [0, 0.1) is 19.8 Å². The minimum Gasteiger partial charge on any atom is -0.360 e. The van der Waals surface area contributed by atoms with Crippen LogP contribution in [0.4, 0.5) is 0 Å². The molecular weight excluding hydrogens is 452 g/mol. The third kappa shape index (κ3) is 5.53. The van der Waals surface area contributed by atoms with Crippen molar-refractivity contribution in [2.24, 2.45) is 5.92 Å². The number of likely N-dealkylation sites (tertiary alicyclic amines) is 1. The van der Waals surface area contributed by atoms with E-state index in [0.29, 0.717) is 37.7 Å². The number of sulfonamides is 1. The molecule has 1 aromatic heterocycles. The van der Waals surface area contributed by atoms with Crippen molar-refractivity contribution < 1.29 is 17.7 Å². The number of aromatic nitrogens is 1. The lowest BCUT2D eigenvalue weighted by atomic mass is 9.98. The van der Waals surface area contributed by atoms with E-state index in [9.17, 15) is 13.2 Å². The van der Waals surface area contributed by atoms with E-state index in [0.717, 1.165) is 18.7 Å². The zero-order valence-corrected chi connectivity index (χ0v) is 21.2. The van der Waals surface area contributed by atoms with Crippen molar-refractivity contribution in [3.05, 3.63) is 46.8 Å². The molecule has 1 amide bonds. The summed E-state index contributed by atoms with van der Waals surface area (Å²) in [5.41, 5.74) is 2.68. The summed E-state index contributed by atoms with van der Waals surface area (Å²) in [6, 6.07) is 9.05. The number of hydrogen-bond acceptors (Lipinski definition) is 6. The molecule has 34 heavy (non-hydrogen) atoms. The van der Waals surface area contributed by atoms with Crippen molar-refractivity contribution >= 4 is 15.9 Å². The van der Waals surface area contributed by atoms with E-state index in [2.05, 4.69) is 46.6 Å². The molecule has 1 N–H and O–H groups in total. The number of nitrogens with one attached hydrogen (secondary N) is 1. The predicted octanol–water partition coefficient (Wildman–Crippen LogP) is 3.38. The maximum atomic E-state index is 13.1. The van der Waals surface area contributed by atoms with Crippen LogP contribution in [0.25, 0.3) is 0 Å². The summed E-state index contributed by atoms with van der Waals surface area (Å²) in [6.45, 7) is 8.64. The van der Waals surface area contributed by atoms with Crippen molar-refractivity contribution in [1.82, 2.24) is 19.7 Å². The fraction of sp³-hybridized carbons (Fsp3) is 0.600. The maximum Gasteiger partial charge on any atom is 0.248 e. The third-order valence-electron chi connectivity index (χ3n) is 7.14. The van der Waals surface area contributed by atoms with Crippen LogP contribution in [0.2, 0.25) is 0 Å². The summed E-state index contributed by atoms with van der Waals surface area (Å²) >= 11 is 0. The van der Waals surface area contributed by atoms with Crippen LogP contribution in [0.3, 0.4) is 0 Å². The Morgan fingerprint density at radius 1 is 1.09 bits per heavy atom. The van der Waals surface area contributed by atoms with Gasteiger partial charge in [0.2, 0.25) is 15.9 Å². The van der Waals surface area contributed by atoms with Gasteiger partial charge in [0.05, 0.1) is 5.92 Å². The normalized spacial score (nSPS) is 22.6. The van der Waals surface area contributed by atoms with Crippen LogP contribution >= 0.6 is 0 Å². The van der Waals surface area contributed by atoms with E-state index in [-0.39, 0.29) is 29.0 Å². The molecule has 1 aromatic carbocycles. The second-order valence-corrected chi connectivity index (χ2v) is 11.6. The van der Waals surface area contributed by atoms with Crippen molar-refractivity contribution in [2.75, 3.05) is 19.6 Å². The Bertz CT molecular complexity index is 1080. The van der Waals surface area contributed by atoms with Gasteiger partial charge < -0.3 is 9.84 Å². The van der Waals surface area contributed by atoms with Crippen LogP contribution < -0.4 is 5.32 Å². The molecule has 2 aliphatic heterocycles. The molecule has 2 fully saturated rings. The molecule has 2 aliphatic rings. The Hall–Kier alpha value is -2.23. The molecular formula is C25H36N4O4S. The summed E-state index contributed by atoms with van der Waals surface area (Å²) < 4.78 is 32.7. The molecule has 186 valence electrons. The Kier molecular flexibility index (Phi) is 7.74. The van der Waals surface area contributed by atoms with Gasteiger partial charge in [-0.2, -0.15) is 4.31 Å². The minimum absolute atomic E-state index is 0.107. The Morgan fingerprint density at radius 2 is 1.82 bits per heavy atom. The number of rotatable bonds is 7. The molecule has 0 radical (unpaired) electrons. The topological polar surface area (TPSA) is 95.8 Å². The highest BCUT2D eigenvalue weighted by Crippen LogP contribution is 2.28. The van der Waals surface area contributed by atoms with Gasteiger partial charge in [-0.15, -0.1) is 0 Å². The van der Waals surface area contributed by atoms with Gasteiger partial charge in [-0.1, -0.05) is 35.8 Å². The zero-order chi connectivity index (χ0) is 24.3. The second kappa shape index (κ2) is 10.6. The quantitative estimate of drug-likeness (QED) is 0.642. The Morgan fingerprint density at radius 3 is 2.50 bits per heavy atom. The number of amides is 1. The fourth-order valence-corrected chi connectivity index (χ4v) is 6.88. The number of benzene rings is 1. The van der Waals surface area contributed by atoms with E-state index in [1.54, 1.807) is 13.8 Å². The highest BCUT2D eigenvalue weighted by Gasteiger charge is 2.36. The summed E-state index contributed by atoms with van der Waals surface area (Å²) in [6.07, 6.45) is 5.17. The second-order valence-electron chi connectivity index (χ2n) is 9.71. The van der Waals surface area contributed by atoms with Gasteiger partial charge >= 0.3 is 0 Å². The molecule has 9 heteroatoms. The lowest BCUT2D eigenvalue weighted by Crippen LogP contribution is -2.45. The molecule has 2 unspecified atom stereocenters. The van der Waals surface area contributed by atoms with E-state index in [4.69, 9.17) is 4.52 Å². The average molecular weight is 489 g/mol. The number of hydrogen-bond donors (Lipinski definition) is 1. The molecule has 2 atom stereocenters. The third-order valence-corrected chi connectivity index (χ3v) is 9.25. The molecule has 0 saturated carbocycles. The fourth-order valence-electron chi connectivity index (χ4n) is 5.07. The molecule has 4 rings (SSSR count). The van der Waals surface area contributed by atoms with Gasteiger partial charge in [0.1, 0.15) is 10.6 Å². The zero-order valence-electron chi connectivity index (χ0n) is 20.4.